The molecule has 2 rings (SSSR count). The van der Waals surface area contributed by atoms with E-state index < -0.39 is 0 Å². The number of esters is 1. The minimum absolute atomic E-state index is 0.348. The van der Waals surface area contributed by atoms with Crippen LogP contribution in [-0.2, 0) is 4.74 Å². The van der Waals surface area contributed by atoms with Crippen molar-refractivity contribution in [3.05, 3.63) is 83.9 Å². The molecule has 26 heavy (non-hydrogen) atoms. The Kier molecular flexibility index (Phi) is 8.13. The molecule has 0 amide bonds. The zero-order valence-electron chi connectivity index (χ0n) is 15.0. The van der Waals surface area contributed by atoms with Crippen LogP contribution in [-0.4, -0.2) is 23.0 Å². The smallest absolute Gasteiger partial charge is 0.338 e. The quantitative estimate of drug-likeness (QED) is 0.221. The first-order valence-electron chi connectivity index (χ1n) is 8.96. The van der Waals surface area contributed by atoms with Crippen LogP contribution in [0, 0.1) is 0 Å². The van der Waals surface area contributed by atoms with Gasteiger partial charge in [0.25, 0.3) is 0 Å². The lowest BCUT2D eigenvalue weighted by Gasteiger charge is -2.14. The normalized spacial score (nSPS) is 12.9. The molecule has 0 heterocycles. The van der Waals surface area contributed by atoms with E-state index >= 15 is 0 Å². The van der Waals surface area contributed by atoms with Crippen LogP contribution in [0.25, 0.3) is 0 Å². The monoisotopic (exact) mass is 351 g/mol. The van der Waals surface area contributed by atoms with Crippen LogP contribution in [0.5, 0.6) is 0 Å². The molecule has 1 atom stereocenters. The minimum Gasteiger partial charge on any atom is -0.455 e. The number of hydrogen-bond acceptors (Lipinski definition) is 4. The molecule has 4 heteroatoms. The fourth-order valence-electron chi connectivity index (χ4n) is 2.56. The molecule has 1 N–H and O–H groups in total. The van der Waals surface area contributed by atoms with Crippen LogP contribution in [0.2, 0.25) is 0 Å². The van der Waals surface area contributed by atoms with E-state index in [9.17, 15) is 10.0 Å². The predicted octanol–water partition coefficient (Wildman–Crippen LogP) is 5.23. The second-order valence-electron chi connectivity index (χ2n) is 6.02. The van der Waals surface area contributed by atoms with Crippen molar-refractivity contribution in [1.29, 1.82) is 0 Å². The van der Waals surface area contributed by atoms with Gasteiger partial charge in [0.05, 0.1) is 5.56 Å². The van der Waals surface area contributed by atoms with Crippen molar-refractivity contribution in [3.63, 3.8) is 0 Å². The number of ether oxygens (including phenoxy) is 1. The molecule has 0 radical (unpaired) electrons. The van der Waals surface area contributed by atoms with Gasteiger partial charge in [-0.1, -0.05) is 73.5 Å². The maximum Gasteiger partial charge on any atom is 0.338 e. The van der Waals surface area contributed by atoms with Crippen molar-refractivity contribution >= 4 is 11.7 Å². The van der Waals surface area contributed by atoms with E-state index in [4.69, 9.17) is 4.74 Å². The molecule has 0 saturated carbocycles. The van der Waals surface area contributed by atoms with Crippen LogP contribution in [0.15, 0.2) is 78.0 Å². The van der Waals surface area contributed by atoms with Gasteiger partial charge in [-0.05, 0) is 37.1 Å². The molecule has 0 spiro atoms. The average molecular weight is 351 g/mol. The average Bonchev–Trinajstić information content (AvgIpc) is 2.70. The number of benzene rings is 2. The highest BCUT2D eigenvalue weighted by atomic mass is 16.5. The fourth-order valence-corrected chi connectivity index (χ4v) is 2.56. The first-order chi connectivity index (χ1) is 12.7. The molecular formula is C22H25NO3. The molecule has 2 aromatic carbocycles. The van der Waals surface area contributed by atoms with Crippen LogP contribution in [0.1, 0.15) is 48.5 Å². The maximum absolute atomic E-state index is 12.3. The first kappa shape index (κ1) is 19.4. The highest BCUT2D eigenvalue weighted by molar-refractivity contribution is 6.08. The van der Waals surface area contributed by atoms with Gasteiger partial charge in [0.15, 0.2) is 0 Å². The standard InChI is InChI=1S/C22H25NO3/c1-2-3-6-15-20(26-22(24)19-13-9-5-10-14-19)16-17-21(23-25)18-11-7-4-8-12-18/h4-5,7-14,16-17,20,25H,2-3,6,15H2,1H3/b17-16+,23-21-. The Hall–Kier alpha value is -2.88. The second-order valence-corrected chi connectivity index (χ2v) is 6.02. The van der Waals surface area contributed by atoms with Gasteiger partial charge in [0.1, 0.15) is 11.8 Å². The summed E-state index contributed by atoms with van der Waals surface area (Å²) in [6.45, 7) is 2.13. The van der Waals surface area contributed by atoms with E-state index in [2.05, 4.69) is 12.1 Å². The molecule has 2 aromatic rings. The number of hydrogen-bond donors (Lipinski definition) is 1. The Bertz CT molecular complexity index is 724. The Morgan fingerprint density at radius 2 is 1.65 bits per heavy atom. The summed E-state index contributed by atoms with van der Waals surface area (Å²) in [5.74, 6) is -0.348. The molecule has 4 nitrogen and oxygen atoms in total. The highest BCUT2D eigenvalue weighted by Gasteiger charge is 2.13. The van der Waals surface area contributed by atoms with E-state index in [1.54, 1.807) is 24.3 Å². The van der Waals surface area contributed by atoms with Crippen molar-refractivity contribution in [2.75, 3.05) is 0 Å². The Labute approximate surface area is 154 Å². The molecule has 0 aliphatic rings. The van der Waals surface area contributed by atoms with Gasteiger partial charge in [-0.3, -0.25) is 0 Å². The van der Waals surface area contributed by atoms with E-state index in [0.29, 0.717) is 11.3 Å². The lowest BCUT2D eigenvalue weighted by molar-refractivity contribution is 0.0376. The zero-order chi connectivity index (χ0) is 18.6. The molecule has 136 valence electrons. The second kappa shape index (κ2) is 10.9. The molecular weight excluding hydrogens is 326 g/mol. The predicted molar refractivity (Wildman–Crippen MR) is 104 cm³/mol. The van der Waals surface area contributed by atoms with Crippen molar-refractivity contribution in [1.82, 2.24) is 0 Å². The summed E-state index contributed by atoms with van der Waals surface area (Å²) in [6.07, 6.45) is 6.99. The third kappa shape index (κ3) is 6.20. The topological polar surface area (TPSA) is 58.9 Å². The maximum atomic E-state index is 12.3. The molecule has 0 aliphatic carbocycles. The van der Waals surface area contributed by atoms with Crippen LogP contribution >= 0.6 is 0 Å². The zero-order valence-corrected chi connectivity index (χ0v) is 15.0. The van der Waals surface area contributed by atoms with E-state index in [1.807, 2.05) is 48.5 Å². The first-order valence-corrected chi connectivity index (χ1v) is 8.96. The molecule has 0 saturated heterocycles. The fraction of sp³-hybridized carbons (Fsp3) is 0.273. The van der Waals surface area contributed by atoms with Gasteiger partial charge in [0, 0.05) is 5.56 Å². The lowest BCUT2D eigenvalue weighted by atomic mass is 10.1. The van der Waals surface area contributed by atoms with Gasteiger partial charge >= 0.3 is 5.97 Å². The largest absolute Gasteiger partial charge is 0.455 e. The van der Waals surface area contributed by atoms with Crippen molar-refractivity contribution < 1.29 is 14.7 Å². The summed E-state index contributed by atoms with van der Waals surface area (Å²) in [5.41, 5.74) is 1.76. The summed E-state index contributed by atoms with van der Waals surface area (Å²) < 4.78 is 5.65. The number of carbonyl (C=O) groups excluding carboxylic acids is 1. The third-order valence-electron chi connectivity index (χ3n) is 4.01. The summed E-state index contributed by atoms with van der Waals surface area (Å²) in [5, 5.41) is 12.6. The van der Waals surface area contributed by atoms with Crippen molar-refractivity contribution in [2.24, 2.45) is 5.16 Å². The van der Waals surface area contributed by atoms with Crippen LogP contribution in [0.3, 0.4) is 0 Å². The van der Waals surface area contributed by atoms with Gasteiger partial charge < -0.3 is 9.94 Å². The van der Waals surface area contributed by atoms with Crippen LogP contribution < -0.4 is 0 Å². The van der Waals surface area contributed by atoms with Gasteiger partial charge in [0.2, 0.25) is 0 Å². The third-order valence-corrected chi connectivity index (χ3v) is 4.01. The number of nitrogens with zero attached hydrogens (tertiary/aromatic N) is 1. The van der Waals surface area contributed by atoms with Gasteiger partial charge in [-0.2, -0.15) is 0 Å². The molecule has 0 bridgehead atoms. The number of oxime groups is 1. The van der Waals surface area contributed by atoms with E-state index in [0.717, 1.165) is 31.2 Å². The van der Waals surface area contributed by atoms with E-state index in [1.165, 1.54) is 0 Å². The Morgan fingerprint density at radius 3 is 2.23 bits per heavy atom. The van der Waals surface area contributed by atoms with Crippen molar-refractivity contribution in [3.8, 4) is 0 Å². The van der Waals surface area contributed by atoms with Crippen molar-refractivity contribution in [2.45, 2.75) is 38.7 Å². The molecule has 0 fully saturated rings. The van der Waals surface area contributed by atoms with Gasteiger partial charge in [-0.15, -0.1) is 0 Å². The summed E-state index contributed by atoms with van der Waals surface area (Å²) in [7, 11) is 0. The Balaban J connectivity index is 2.09. The minimum atomic E-state index is -0.366. The Morgan fingerprint density at radius 1 is 1.04 bits per heavy atom. The number of unbranched alkanes of at least 4 members (excludes halogenated alkanes) is 2. The molecule has 0 aromatic heterocycles. The SMILES string of the molecule is CCCCCC(/C=C/C(=N/O)c1ccccc1)OC(=O)c1ccccc1. The number of allylic oxidation sites excluding steroid dienone is 1. The summed E-state index contributed by atoms with van der Waals surface area (Å²) >= 11 is 0. The van der Waals surface area contributed by atoms with E-state index in [-0.39, 0.29) is 12.1 Å². The lowest BCUT2D eigenvalue weighted by Crippen LogP contribution is -2.17. The van der Waals surface area contributed by atoms with Crippen LogP contribution in [0.4, 0.5) is 0 Å². The molecule has 0 aliphatic heterocycles. The summed E-state index contributed by atoms with van der Waals surface area (Å²) in [6, 6.07) is 18.3. The number of carbonyl (C=O) groups is 1. The summed E-state index contributed by atoms with van der Waals surface area (Å²) in [4.78, 5) is 12.3. The van der Waals surface area contributed by atoms with Gasteiger partial charge in [-0.25, -0.2) is 4.79 Å². The molecule has 1 unspecified atom stereocenters. The highest BCUT2D eigenvalue weighted by Crippen LogP contribution is 2.13. The number of rotatable bonds is 9.